The van der Waals surface area contributed by atoms with E-state index < -0.39 is 0 Å². The van der Waals surface area contributed by atoms with E-state index in [0.29, 0.717) is 11.8 Å². The van der Waals surface area contributed by atoms with Crippen LogP contribution in [0.2, 0.25) is 0 Å². The molecule has 0 amide bonds. The van der Waals surface area contributed by atoms with Crippen molar-refractivity contribution < 1.29 is 0 Å². The first-order chi connectivity index (χ1) is 8.02. The van der Waals surface area contributed by atoms with Crippen LogP contribution in [0.15, 0.2) is 30.3 Å². The number of fused-ring (bicyclic) bond motifs is 1. The molecule has 17 heavy (non-hydrogen) atoms. The van der Waals surface area contributed by atoms with Gasteiger partial charge in [0.1, 0.15) is 0 Å². The highest BCUT2D eigenvalue weighted by molar-refractivity contribution is 5.88. The first-order valence-electron chi connectivity index (χ1n) is 6.54. The van der Waals surface area contributed by atoms with Gasteiger partial charge in [-0.15, -0.1) is 0 Å². The van der Waals surface area contributed by atoms with Gasteiger partial charge in [-0.1, -0.05) is 58.0 Å². The van der Waals surface area contributed by atoms with Crippen LogP contribution in [0.4, 0.5) is 0 Å². The molecule has 0 fully saturated rings. The van der Waals surface area contributed by atoms with Gasteiger partial charge in [-0.3, -0.25) is 0 Å². The summed E-state index contributed by atoms with van der Waals surface area (Å²) in [6, 6.07) is 11.1. The smallest absolute Gasteiger partial charge is 0.0146 e. The van der Waals surface area contributed by atoms with Crippen molar-refractivity contribution >= 4 is 10.8 Å². The van der Waals surface area contributed by atoms with Crippen LogP contribution in [0.5, 0.6) is 0 Å². The minimum Gasteiger partial charge on any atom is -0.0616 e. The maximum Gasteiger partial charge on any atom is -0.0146 e. The highest BCUT2D eigenvalue weighted by Crippen LogP contribution is 2.34. The van der Waals surface area contributed by atoms with Gasteiger partial charge in [-0.05, 0) is 46.2 Å². The maximum atomic E-state index is 2.36. The number of benzene rings is 2. The minimum absolute atomic E-state index is 0.582. The fourth-order valence-corrected chi connectivity index (χ4v) is 2.85. The zero-order valence-corrected chi connectivity index (χ0v) is 11.5. The highest BCUT2D eigenvalue weighted by atomic mass is 14.2. The van der Waals surface area contributed by atoms with Crippen LogP contribution in [-0.4, -0.2) is 0 Å². The lowest BCUT2D eigenvalue weighted by atomic mass is 9.85. The van der Waals surface area contributed by atoms with Gasteiger partial charge in [0, 0.05) is 0 Å². The Balaban J connectivity index is 2.85. The fraction of sp³-hybridized carbons (Fsp3) is 0.412. The lowest BCUT2D eigenvalue weighted by Gasteiger charge is -2.19. The summed E-state index contributed by atoms with van der Waals surface area (Å²) >= 11 is 0. The van der Waals surface area contributed by atoms with Crippen LogP contribution < -0.4 is 0 Å². The number of hydrogen-bond donors (Lipinski definition) is 0. The van der Waals surface area contributed by atoms with Gasteiger partial charge in [0.2, 0.25) is 0 Å². The Morgan fingerprint density at radius 3 is 2.12 bits per heavy atom. The van der Waals surface area contributed by atoms with Gasteiger partial charge < -0.3 is 0 Å². The highest BCUT2D eigenvalue weighted by Gasteiger charge is 2.14. The van der Waals surface area contributed by atoms with E-state index in [1.807, 2.05) is 0 Å². The second-order valence-corrected chi connectivity index (χ2v) is 5.54. The van der Waals surface area contributed by atoms with Crippen molar-refractivity contribution in [3.05, 3.63) is 47.0 Å². The summed E-state index contributed by atoms with van der Waals surface area (Å²) in [5, 5.41) is 2.80. The molecule has 0 saturated heterocycles. The Morgan fingerprint density at radius 2 is 1.53 bits per heavy atom. The van der Waals surface area contributed by atoms with Crippen molar-refractivity contribution in [1.29, 1.82) is 0 Å². The van der Waals surface area contributed by atoms with Crippen LogP contribution in [0, 0.1) is 6.92 Å². The molecule has 2 rings (SSSR count). The van der Waals surface area contributed by atoms with Gasteiger partial charge >= 0.3 is 0 Å². The van der Waals surface area contributed by atoms with Crippen molar-refractivity contribution in [2.75, 3.05) is 0 Å². The lowest BCUT2D eigenvalue weighted by molar-refractivity contribution is 0.825. The standard InChI is InChI=1S/C17H22/c1-11(2)16-10-14-8-6-7-9-15(14)17(12(3)4)13(16)5/h6-12H,1-5H3. The molecule has 0 aromatic heterocycles. The van der Waals surface area contributed by atoms with Crippen molar-refractivity contribution in [1.82, 2.24) is 0 Å². The molecule has 0 aliphatic carbocycles. The molecule has 2 aromatic carbocycles. The summed E-state index contributed by atoms with van der Waals surface area (Å²) in [6.07, 6.45) is 0. The summed E-state index contributed by atoms with van der Waals surface area (Å²) in [7, 11) is 0. The predicted molar refractivity (Wildman–Crippen MR) is 76.9 cm³/mol. The quantitative estimate of drug-likeness (QED) is 0.643. The van der Waals surface area contributed by atoms with Gasteiger partial charge in [-0.2, -0.15) is 0 Å². The van der Waals surface area contributed by atoms with E-state index in [2.05, 4.69) is 65.0 Å². The summed E-state index contributed by atoms with van der Waals surface area (Å²) < 4.78 is 0. The van der Waals surface area contributed by atoms with Crippen LogP contribution in [0.1, 0.15) is 56.2 Å². The number of rotatable bonds is 2. The summed E-state index contributed by atoms with van der Waals surface area (Å²) in [5.41, 5.74) is 4.49. The van der Waals surface area contributed by atoms with Gasteiger partial charge in [0.25, 0.3) is 0 Å². The third-order valence-corrected chi connectivity index (χ3v) is 3.60. The van der Waals surface area contributed by atoms with Crippen molar-refractivity contribution in [2.45, 2.75) is 46.5 Å². The molecule has 0 aliphatic heterocycles. The molecule has 0 heteroatoms. The Morgan fingerprint density at radius 1 is 0.882 bits per heavy atom. The largest absolute Gasteiger partial charge is 0.0616 e. The van der Waals surface area contributed by atoms with Crippen molar-refractivity contribution in [3.63, 3.8) is 0 Å². The third kappa shape index (κ3) is 2.09. The fourth-order valence-electron chi connectivity index (χ4n) is 2.85. The third-order valence-electron chi connectivity index (χ3n) is 3.60. The van der Waals surface area contributed by atoms with Crippen molar-refractivity contribution in [3.8, 4) is 0 Å². The first kappa shape index (κ1) is 12.2. The Kier molecular flexibility index (Phi) is 3.24. The molecule has 0 heterocycles. The second-order valence-electron chi connectivity index (χ2n) is 5.54. The average molecular weight is 226 g/mol. The molecule has 90 valence electrons. The van der Waals surface area contributed by atoms with E-state index in [4.69, 9.17) is 0 Å². The minimum atomic E-state index is 0.582. The molecule has 0 spiro atoms. The molecule has 0 N–H and O–H groups in total. The van der Waals surface area contributed by atoms with E-state index in [0.717, 1.165) is 0 Å². The topological polar surface area (TPSA) is 0 Å². The van der Waals surface area contributed by atoms with Crippen LogP contribution in [-0.2, 0) is 0 Å². The molecule has 0 atom stereocenters. The summed E-state index contributed by atoms with van der Waals surface area (Å²) in [5.74, 6) is 1.18. The molecular weight excluding hydrogens is 204 g/mol. The Hall–Kier alpha value is -1.30. The van der Waals surface area contributed by atoms with E-state index in [9.17, 15) is 0 Å². The number of hydrogen-bond acceptors (Lipinski definition) is 0. The SMILES string of the molecule is Cc1c(C(C)C)cc2ccccc2c1C(C)C. The zero-order valence-electron chi connectivity index (χ0n) is 11.5. The van der Waals surface area contributed by atoms with E-state index in [-0.39, 0.29) is 0 Å². The molecule has 0 saturated carbocycles. The molecule has 2 aromatic rings. The van der Waals surface area contributed by atoms with Crippen LogP contribution >= 0.6 is 0 Å². The normalized spacial score (nSPS) is 11.7. The van der Waals surface area contributed by atoms with Crippen molar-refractivity contribution in [2.24, 2.45) is 0 Å². The Bertz CT molecular complexity index is 533. The van der Waals surface area contributed by atoms with Crippen LogP contribution in [0.3, 0.4) is 0 Å². The Labute approximate surface area is 105 Å². The van der Waals surface area contributed by atoms with Gasteiger partial charge in [-0.25, -0.2) is 0 Å². The molecule has 0 bridgehead atoms. The van der Waals surface area contributed by atoms with Crippen LogP contribution in [0.25, 0.3) is 10.8 Å². The maximum absolute atomic E-state index is 2.36. The predicted octanol–water partition coefficient (Wildman–Crippen LogP) is 5.40. The monoisotopic (exact) mass is 226 g/mol. The molecular formula is C17H22. The zero-order chi connectivity index (χ0) is 12.6. The second kappa shape index (κ2) is 4.52. The molecule has 0 unspecified atom stereocenters. The lowest BCUT2D eigenvalue weighted by Crippen LogP contribution is -2.00. The van der Waals surface area contributed by atoms with Gasteiger partial charge in [0.05, 0.1) is 0 Å². The molecule has 0 radical (unpaired) electrons. The summed E-state index contributed by atoms with van der Waals surface area (Å²) in [4.78, 5) is 0. The summed E-state index contributed by atoms with van der Waals surface area (Å²) in [6.45, 7) is 11.4. The van der Waals surface area contributed by atoms with Gasteiger partial charge in [0.15, 0.2) is 0 Å². The van der Waals surface area contributed by atoms with E-state index in [1.54, 1.807) is 0 Å². The molecule has 0 aliphatic rings. The average Bonchev–Trinajstić information content (AvgIpc) is 2.27. The van der Waals surface area contributed by atoms with E-state index in [1.165, 1.54) is 27.5 Å². The molecule has 0 nitrogen and oxygen atoms in total. The van der Waals surface area contributed by atoms with E-state index >= 15 is 0 Å². The first-order valence-corrected chi connectivity index (χ1v) is 6.54.